The van der Waals surface area contributed by atoms with E-state index in [2.05, 4.69) is 13.2 Å². The fraction of sp³-hybridized carbons (Fsp3) is 0.250. The van der Waals surface area contributed by atoms with Gasteiger partial charge in [-0.25, -0.2) is 4.79 Å². The van der Waals surface area contributed by atoms with E-state index in [0.717, 1.165) is 0 Å². The van der Waals surface area contributed by atoms with Crippen LogP contribution in [0.2, 0.25) is 0 Å². The Kier molecular flexibility index (Phi) is 4.08. The van der Waals surface area contributed by atoms with Crippen LogP contribution in [0.4, 0.5) is 0 Å². The minimum Gasteiger partial charge on any atom is -0.455 e. The van der Waals surface area contributed by atoms with E-state index in [-0.39, 0.29) is 5.76 Å². The number of ether oxygens (including phenoxy) is 2. The van der Waals surface area contributed by atoms with Gasteiger partial charge < -0.3 is 13.9 Å². The summed E-state index contributed by atoms with van der Waals surface area (Å²) >= 11 is 0. The average molecular weight is 222 g/mol. The lowest BCUT2D eigenvalue weighted by Crippen LogP contribution is -2.03. The number of furan rings is 1. The highest BCUT2D eigenvalue weighted by molar-refractivity contribution is 5.90. The van der Waals surface area contributed by atoms with E-state index in [4.69, 9.17) is 13.9 Å². The maximum Gasteiger partial charge on any atom is 0.338 e. The van der Waals surface area contributed by atoms with Crippen LogP contribution < -0.4 is 0 Å². The Morgan fingerprint density at radius 1 is 1.44 bits per heavy atom. The van der Waals surface area contributed by atoms with Gasteiger partial charge in [0, 0.05) is 12.7 Å². The van der Waals surface area contributed by atoms with E-state index in [0.29, 0.717) is 23.7 Å². The van der Waals surface area contributed by atoms with Gasteiger partial charge in [-0.15, -0.1) is 0 Å². The van der Waals surface area contributed by atoms with Gasteiger partial charge in [-0.1, -0.05) is 13.2 Å². The lowest BCUT2D eigenvalue weighted by molar-refractivity contribution is -0.132. The molecule has 4 nitrogen and oxygen atoms in total. The maximum absolute atomic E-state index is 11.2. The fourth-order valence-electron chi connectivity index (χ4n) is 0.997. The van der Waals surface area contributed by atoms with Gasteiger partial charge >= 0.3 is 5.97 Å². The molecule has 16 heavy (non-hydrogen) atoms. The van der Waals surface area contributed by atoms with Crippen LogP contribution in [0.25, 0.3) is 5.76 Å². The molecule has 0 radical (unpaired) electrons. The topological polar surface area (TPSA) is 48.7 Å². The van der Waals surface area contributed by atoms with E-state index in [9.17, 15) is 4.79 Å². The zero-order valence-electron chi connectivity index (χ0n) is 9.41. The number of carbonyl (C=O) groups is 1. The molecule has 1 rings (SSSR count). The summed E-state index contributed by atoms with van der Waals surface area (Å²) in [7, 11) is 1.57. The molecule has 0 saturated carbocycles. The van der Waals surface area contributed by atoms with Crippen molar-refractivity contribution < 1.29 is 18.7 Å². The maximum atomic E-state index is 11.2. The number of hydrogen-bond acceptors (Lipinski definition) is 4. The largest absolute Gasteiger partial charge is 0.455 e. The highest BCUT2D eigenvalue weighted by atomic mass is 16.5. The molecule has 0 aromatic carbocycles. The second-order valence-corrected chi connectivity index (χ2v) is 3.29. The zero-order chi connectivity index (χ0) is 12.1. The molecule has 0 N–H and O–H groups in total. The molecular weight excluding hydrogens is 208 g/mol. The molecule has 0 aliphatic rings. The van der Waals surface area contributed by atoms with Crippen molar-refractivity contribution in [3.05, 3.63) is 42.4 Å². The van der Waals surface area contributed by atoms with Crippen molar-refractivity contribution in [3.63, 3.8) is 0 Å². The third kappa shape index (κ3) is 3.10. The molecule has 0 fully saturated rings. The molecule has 0 saturated heterocycles. The third-order valence-electron chi connectivity index (χ3n) is 1.79. The fourth-order valence-corrected chi connectivity index (χ4v) is 0.997. The number of hydrogen-bond donors (Lipinski definition) is 0. The summed E-state index contributed by atoms with van der Waals surface area (Å²) in [5.41, 5.74) is 0.310. The Morgan fingerprint density at radius 3 is 2.69 bits per heavy atom. The molecular formula is C12H14O4. The summed E-state index contributed by atoms with van der Waals surface area (Å²) in [6, 6.07) is 3.40. The first-order chi connectivity index (χ1) is 7.54. The van der Waals surface area contributed by atoms with Gasteiger partial charge in [-0.2, -0.15) is 0 Å². The van der Waals surface area contributed by atoms with Crippen molar-refractivity contribution in [2.45, 2.75) is 13.5 Å². The summed E-state index contributed by atoms with van der Waals surface area (Å²) in [6.45, 7) is 9.00. The molecule has 0 amide bonds. The smallest absolute Gasteiger partial charge is 0.338 e. The third-order valence-corrected chi connectivity index (χ3v) is 1.79. The lowest BCUT2D eigenvalue weighted by atomic mass is 10.3. The minimum atomic E-state index is -0.519. The highest BCUT2D eigenvalue weighted by Crippen LogP contribution is 2.18. The normalized spacial score (nSPS) is 9.88. The van der Waals surface area contributed by atoms with E-state index in [1.54, 1.807) is 26.2 Å². The Morgan fingerprint density at radius 2 is 2.12 bits per heavy atom. The standard InChI is InChI=1S/C12H14O4/c1-8(2)12(13)15-9(3)11-6-5-10(16-11)7-14-4/h5-6H,1,3,7H2,2,4H3. The number of rotatable bonds is 5. The van der Waals surface area contributed by atoms with Gasteiger partial charge in [0.25, 0.3) is 0 Å². The van der Waals surface area contributed by atoms with Crippen molar-refractivity contribution in [1.82, 2.24) is 0 Å². The summed E-state index contributed by atoms with van der Waals surface area (Å²) in [4.78, 5) is 11.2. The molecule has 1 aromatic heterocycles. The molecule has 1 heterocycles. The second kappa shape index (κ2) is 5.32. The van der Waals surface area contributed by atoms with Crippen molar-refractivity contribution >= 4 is 11.7 Å². The van der Waals surface area contributed by atoms with Gasteiger partial charge in [0.05, 0.1) is 0 Å². The van der Waals surface area contributed by atoms with Crippen molar-refractivity contribution in [1.29, 1.82) is 0 Å². The summed E-state index contributed by atoms with van der Waals surface area (Å²) < 4.78 is 15.2. The SMILES string of the molecule is C=C(C)C(=O)OC(=C)c1ccc(COC)o1. The Balaban J connectivity index is 2.66. The lowest BCUT2D eigenvalue weighted by Gasteiger charge is -2.03. The molecule has 0 spiro atoms. The number of carbonyl (C=O) groups excluding carboxylic acids is 1. The van der Waals surface area contributed by atoms with Crippen LogP contribution >= 0.6 is 0 Å². The van der Waals surface area contributed by atoms with Crippen LogP contribution in [0.1, 0.15) is 18.4 Å². The minimum absolute atomic E-state index is 0.162. The first-order valence-corrected chi connectivity index (χ1v) is 4.69. The Labute approximate surface area is 94.2 Å². The van der Waals surface area contributed by atoms with E-state index < -0.39 is 5.97 Å². The van der Waals surface area contributed by atoms with Crippen LogP contribution in [0.3, 0.4) is 0 Å². The van der Waals surface area contributed by atoms with Gasteiger partial charge in [-0.3, -0.25) is 0 Å². The first-order valence-electron chi connectivity index (χ1n) is 4.69. The predicted octanol–water partition coefficient (Wildman–Crippen LogP) is 2.52. The first kappa shape index (κ1) is 12.3. The van der Waals surface area contributed by atoms with Gasteiger partial charge in [0.2, 0.25) is 0 Å². The number of esters is 1. The highest BCUT2D eigenvalue weighted by Gasteiger charge is 2.11. The van der Waals surface area contributed by atoms with Crippen LogP contribution in [0, 0.1) is 0 Å². The zero-order valence-corrected chi connectivity index (χ0v) is 9.41. The monoisotopic (exact) mass is 222 g/mol. The molecule has 1 aromatic rings. The molecule has 4 heteroatoms. The summed E-state index contributed by atoms with van der Waals surface area (Å²) in [5, 5.41) is 0. The van der Waals surface area contributed by atoms with Crippen LogP contribution in [-0.2, 0) is 20.9 Å². The van der Waals surface area contributed by atoms with E-state index in [1.165, 1.54) is 0 Å². The van der Waals surface area contributed by atoms with Gasteiger partial charge in [0.15, 0.2) is 11.5 Å². The Hall–Kier alpha value is -1.81. The second-order valence-electron chi connectivity index (χ2n) is 3.29. The van der Waals surface area contributed by atoms with Crippen molar-refractivity contribution in [3.8, 4) is 0 Å². The molecule has 0 atom stereocenters. The molecule has 0 aliphatic heterocycles. The van der Waals surface area contributed by atoms with Crippen molar-refractivity contribution in [2.75, 3.05) is 7.11 Å². The van der Waals surface area contributed by atoms with Crippen LogP contribution in [0.15, 0.2) is 35.3 Å². The summed E-state index contributed by atoms with van der Waals surface area (Å²) in [5.74, 6) is 0.691. The Bertz CT molecular complexity index is 414. The summed E-state index contributed by atoms with van der Waals surface area (Å²) in [6.07, 6.45) is 0. The molecule has 86 valence electrons. The van der Waals surface area contributed by atoms with E-state index >= 15 is 0 Å². The molecule has 0 aliphatic carbocycles. The van der Waals surface area contributed by atoms with Gasteiger partial charge in [0.1, 0.15) is 12.4 Å². The van der Waals surface area contributed by atoms with E-state index in [1.807, 2.05) is 0 Å². The predicted molar refractivity (Wildman–Crippen MR) is 59.4 cm³/mol. The van der Waals surface area contributed by atoms with Crippen LogP contribution in [-0.4, -0.2) is 13.1 Å². The van der Waals surface area contributed by atoms with Gasteiger partial charge in [-0.05, 0) is 19.1 Å². The average Bonchev–Trinajstić information content (AvgIpc) is 2.66. The van der Waals surface area contributed by atoms with Crippen molar-refractivity contribution in [2.24, 2.45) is 0 Å². The number of methoxy groups -OCH3 is 1. The molecule has 0 unspecified atom stereocenters. The molecule has 0 bridgehead atoms. The van der Waals surface area contributed by atoms with Crippen LogP contribution in [0.5, 0.6) is 0 Å². The quantitative estimate of drug-likeness (QED) is 0.436.